The molecule has 0 saturated carbocycles. The minimum absolute atomic E-state index is 0. The van der Waals surface area contributed by atoms with Gasteiger partial charge in [0.25, 0.3) is 0 Å². The zero-order valence-corrected chi connectivity index (χ0v) is 18.2. The van der Waals surface area contributed by atoms with Gasteiger partial charge in [-0.2, -0.15) is 0 Å². The Balaban J connectivity index is 0.00000312. The van der Waals surface area contributed by atoms with Gasteiger partial charge in [-0.05, 0) is 26.2 Å². The summed E-state index contributed by atoms with van der Waals surface area (Å²) in [7, 11) is 1.77. The first-order valence-electron chi connectivity index (χ1n) is 8.48. The molecule has 2 rings (SSSR count). The van der Waals surface area contributed by atoms with Gasteiger partial charge in [0.2, 0.25) is 0 Å². The van der Waals surface area contributed by atoms with Gasteiger partial charge in [-0.25, -0.2) is 9.78 Å². The van der Waals surface area contributed by atoms with Crippen LogP contribution in [0, 0.1) is 0 Å². The maximum atomic E-state index is 11.7. The number of ether oxygens (including phenoxy) is 1. The lowest BCUT2D eigenvalue weighted by atomic mass is 10.1. The highest BCUT2D eigenvalue weighted by molar-refractivity contribution is 14.0. The van der Waals surface area contributed by atoms with E-state index in [2.05, 4.69) is 27.5 Å². The van der Waals surface area contributed by atoms with E-state index in [0.29, 0.717) is 32.3 Å². The number of rotatable bonds is 5. The summed E-state index contributed by atoms with van der Waals surface area (Å²) in [6.45, 7) is 6.47. The molecule has 2 N–H and O–H groups in total. The number of hydrogen-bond donors (Lipinski definition) is 2. The molecule has 1 aromatic heterocycles. The topological polar surface area (TPSA) is 78.8 Å². The number of likely N-dealkylation sites (tertiary alicyclic amines) is 1. The smallest absolute Gasteiger partial charge is 0.409 e. The van der Waals surface area contributed by atoms with Gasteiger partial charge in [0.05, 0.1) is 13.2 Å². The van der Waals surface area contributed by atoms with Crippen molar-refractivity contribution >= 4 is 47.4 Å². The molecule has 0 spiro atoms. The minimum Gasteiger partial charge on any atom is -0.450 e. The molecule has 2 heterocycles. The predicted octanol–water partition coefficient (Wildman–Crippen LogP) is 2.61. The zero-order valence-electron chi connectivity index (χ0n) is 15.1. The van der Waals surface area contributed by atoms with Gasteiger partial charge in [0, 0.05) is 37.3 Å². The van der Waals surface area contributed by atoms with Crippen molar-refractivity contribution in [1.29, 1.82) is 0 Å². The SMILES string of the molecule is CCOC(=O)N1CCC(NC(=NC)NCc2ncc(CC)s2)CC1.I. The summed E-state index contributed by atoms with van der Waals surface area (Å²) in [5.74, 6) is 0.776. The number of aryl methyl sites for hydroxylation is 1. The van der Waals surface area contributed by atoms with Crippen molar-refractivity contribution in [3.8, 4) is 0 Å². The minimum atomic E-state index is -0.214. The van der Waals surface area contributed by atoms with Crippen LogP contribution in [0.3, 0.4) is 0 Å². The Morgan fingerprint density at radius 2 is 2.16 bits per heavy atom. The van der Waals surface area contributed by atoms with E-state index in [1.807, 2.05) is 13.1 Å². The first-order valence-corrected chi connectivity index (χ1v) is 9.30. The lowest BCUT2D eigenvalue weighted by Gasteiger charge is -2.32. The Hall–Kier alpha value is -1.10. The third kappa shape index (κ3) is 6.96. The summed E-state index contributed by atoms with van der Waals surface area (Å²) in [5.41, 5.74) is 0. The summed E-state index contributed by atoms with van der Waals surface area (Å²) in [5, 5.41) is 7.79. The third-order valence-electron chi connectivity index (χ3n) is 3.94. The largest absolute Gasteiger partial charge is 0.450 e. The molecule has 0 aromatic carbocycles. The molecule has 0 unspecified atom stereocenters. The molecule has 1 amide bonds. The van der Waals surface area contributed by atoms with Crippen LogP contribution in [-0.4, -0.2) is 54.7 Å². The van der Waals surface area contributed by atoms with Crippen LogP contribution in [0.2, 0.25) is 0 Å². The number of piperidine rings is 1. The van der Waals surface area contributed by atoms with Crippen LogP contribution in [0.1, 0.15) is 36.6 Å². The molecule has 1 aromatic rings. The lowest BCUT2D eigenvalue weighted by Crippen LogP contribution is -2.49. The van der Waals surface area contributed by atoms with E-state index in [1.54, 1.807) is 23.3 Å². The van der Waals surface area contributed by atoms with Crippen LogP contribution >= 0.6 is 35.3 Å². The average molecular weight is 481 g/mol. The molecule has 1 saturated heterocycles. The molecule has 7 nitrogen and oxygen atoms in total. The first-order chi connectivity index (χ1) is 11.7. The molecule has 9 heteroatoms. The molecule has 142 valence electrons. The van der Waals surface area contributed by atoms with Crippen molar-refractivity contribution in [2.75, 3.05) is 26.7 Å². The number of halogens is 1. The van der Waals surface area contributed by atoms with Gasteiger partial charge < -0.3 is 20.3 Å². The quantitative estimate of drug-likeness (QED) is 0.384. The van der Waals surface area contributed by atoms with Crippen molar-refractivity contribution in [2.45, 2.75) is 45.7 Å². The molecule has 0 aliphatic carbocycles. The maximum absolute atomic E-state index is 11.7. The van der Waals surface area contributed by atoms with Crippen molar-refractivity contribution in [1.82, 2.24) is 20.5 Å². The number of aliphatic imine (C=N–C) groups is 1. The zero-order chi connectivity index (χ0) is 17.4. The Kier molecular flexibility index (Phi) is 10.1. The normalized spacial score (nSPS) is 15.5. The maximum Gasteiger partial charge on any atom is 0.409 e. The fraction of sp³-hybridized carbons (Fsp3) is 0.688. The fourth-order valence-electron chi connectivity index (χ4n) is 2.56. The van der Waals surface area contributed by atoms with Gasteiger partial charge in [0.1, 0.15) is 5.01 Å². The van der Waals surface area contributed by atoms with Crippen LogP contribution in [0.15, 0.2) is 11.2 Å². The van der Waals surface area contributed by atoms with E-state index in [1.165, 1.54) is 4.88 Å². The van der Waals surface area contributed by atoms with Crippen LogP contribution in [0.5, 0.6) is 0 Å². The fourth-order valence-corrected chi connectivity index (χ4v) is 3.36. The number of amides is 1. The van der Waals surface area contributed by atoms with Crippen molar-refractivity contribution < 1.29 is 9.53 Å². The summed E-state index contributed by atoms with van der Waals surface area (Å²) in [6.07, 6.45) is 4.51. The summed E-state index contributed by atoms with van der Waals surface area (Å²) >= 11 is 1.73. The summed E-state index contributed by atoms with van der Waals surface area (Å²) in [4.78, 5) is 23.4. The highest BCUT2D eigenvalue weighted by atomic mass is 127. The number of aromatic nitrogens is 1. The van der Waals surface area contributed by atoms with Gasteiger partial charge >= 0.3 is 6.09 Å². The van der Waals surface area contributed by atoms with Crippen LogP contribution < -0.4 is 10.6 Å². The average Bonchev–Trinajstić information content (AvgIpc) is 3.07. The second-order valence-corrected chi connectivity index (χ2v) is 6.80. The highest BCUT2D eigenvalue weighted by Crippen LogP contribution is 2.13. The third-order valence-corrected chi connectivity index (χ3v) is 5.08. The van der Waals surface area contributed by atoms with Crippen molar-refractivity contribution in [3.05, 3.63) is 16.1 Å². The standard InChI is InChI=1S/C16H27N5O2S.HI/c1-4-13-10-18-14(24-13)11-19-15(17-3)20-12-6-8-21(9-7-12)16(22)23-5-2;/h10,12H,4-9,11H2,1-3H3,(H2,17,19,20);1H. The van der Waals surface area contributed by atoms with Crippen LogP contribution in [0.4, 0.5) is 4.79 Å². The van der Waals surface area contributed by atoms with Gasteiger partial charge in [-0.1, -0.05) is 6.92 Å². The van der Waals surface area contributed by atoms with Crippen molar-refractivity contribution in [2.24, 2.45) is 4.99 Å². The lowest BCUT2D eigenvalue weighted by molar-refractivity contribution is 0.0963. The molecule has 1 aliphatic rings. The number of carbonyl (C=O) groups excluding carboxylic acids is 1. The van der Waals surface area contributed by atoms with E-state index in [4.69, 9.17) is 4.74 Å². The molecule has 1 fully saturated rings. The van der Waals surface area contributed by atoms with Gasteiger partial charge in [0.15, 0.2) is 5.96 Å². The molecule has 0 bridgehead atoms. The summed E-state index contributed by atoms with van der Waals surface area (Å²) in [6, 6.07) is 0.310. The predicted molar refractivity (Wildman–Crippen MR) is 112 cm³/mol. The van der Waals surface area contributed by atoms with Gasteiger partial charge in [-0.3, -0.25) is 4.99 Å². The summed E-state index contributed by atoms with van der Waals surface area (Å²) < 4.78 is 5.04. The first kappa shape index (κ1) is 21.9. The number of thiazole rings is 1. The Labute approximate surface area is 170 Å². The number of nitrogens with zero attached hydrogens (tertiary/aromatic N) is 3. The molecular weight excluding hydrogens is 453 g/mol. The van der Waals surface area contributed by atoms with E-state index in [9.17, 15) is 4.79 Å². The Morgan fingerprint density at radius 3 is 2.72 bits per heavy atom. The second kappa shape index (κ2) is 11.5. The van der Waals surface area contributed by atoms with Crippen LogP contribution in [-0.2, 0) is 17.7 Å². The number of carbonyl (C=O) groups is 1. The Bertz CT molecular complexity index is 558. The number of guanidine groups is 1. The van der Waals surface area contributed by atoms with E-state index in [-0.39, 0.29) is 30.1 Å². The van der Waals surface area contributed by atoms with Gasteiger partial charge in [-0.15, -0.1) is 35.3 Å². The van der Waals surface area contributed by atoms with Crippen molar-refractivity contribution in [3.63, 3.8) is 0 Å². The van der Waals surface area contributed by atoms with E-state index < -0.39 is 0 Å². The molecule has 25 heavy (non-hydrogen) atoms. The monoisotopic (exact) mass is 481 g/mol. The van der Waals surface area contributed by atoms with E-state index >= 15 is 0 Å². The molecular formula is C16H28IN5O2S. The molecule has 0 radical (unpaired) electrons. The number of hydrogen-bond acceptors (Lipinski definition) is 5. The molecule has 0 atom stereocenters. The second-order valence-electron chi connectivity index (χ2n) is 5.60. The molecule has 1 aliphatic heterocycles. The number of nitrogens with one attached hydrogen (secondary N) is 2. The highest BCUT2D eigenvalue weighted by Gasteiger charge is 2.24. The Morgan fingerprint density at radius 1 is 1.44 bits per heavy atom. The van der Waals surface area contributed by atoms with Crippen LogP contribution in [0.25, 0.3) is 0 Å². The van der Waals surface area contributed by atoms with E-state index in [0.717, 1.165) is 30.2 Å².